The predicted molar refractivity (Wildman–Crippen MR) is 45.6 cm³/mol. The minimum absolute atomic E-state index is 0.337. The molecule has 0 bridgehead atoms. The molecule has 3 heteroatoms. The lowest BCUT2D eigenvalue weighted by atomic mass is 9.90. The summed E-state index contributed by atoms with van der Waals surface area (Å²) in [5.41, 5.74) is 0.519. The largest absolute Gasteiger partial charge is 0.303 e. The van der Waals surface area contributed by atoms with Gasteiger partial charge in [0.25, 0.3) is 0 Å². The third-order valence-electron chi connectivity index (χ3n) is 1.58. The van der Waals surface area contributed by atoms with Gasteiger partial charge in [0, 0.05) is 18.0 Å². The Morgan fingerprint density at radius 1 is 1.58 bits per heavy atom. The molecular weight excluding hydrogens is 152 g/mol. The standard InChI is InChI=1S/C9H12N2O/c1-9(2,7-12)6-8-4-3-5-10-11-8/h3-5,7H,6H2,1-2H3. The van der Waals surface area contributed by atoms with E-state index < -0.39 is 0 Å². The molecule has 0 atom stereocenters. The van der Waals surface area contributed by atoms with E-state index >= 15 is 0 Å². The van der Waals surface area contributed by atoms with Gasteiger partial charge in [-0.1, -0.05) is 13.8 Å². The van der Waals surface area contributed by atoms with Crippen LogP contribution in [0.5, 0.6) is 0 Å². The van der Waals surface area contributed by atoms with E-state index in [1.165, 1.54) is 0 Å². The molecule has 0 aliphatic rings. The highest BCUT2D eigenvalue weighted by Gasteiger charge is 2.17. The number of hydrogen-bond acceptors (Lipinski definition) is 3. The summed E-state index contributed by atoms with van der Waals surface area (Å²) in [6.45, 7) is 3.77. The van der Waals surface area contributed by atoms with Crippen molar-refractivity contribution >= 4 is 6.29 Å². The van der Waals surface area contributed by atoms with Gasteiger partial charge in [-0.2, -0.15) is 10.2 Å². The van der Waals surface area contributed by atoms with Crippen LogP contribution < -0.4 is 0 Å². The molecule has 64 valence electrons. The lowest BCUT2D eigenvalue weighted by molar-refractivity contribution is -0.114. The fourth-order valence-electron chi connectivity index (χ4n) is 0.936. The van der Waals surface area contributed by atoms with Crippen LogP contribution in [0.25, 0.3) is 0 Å². The molecule has 0 saturated heterocycles. The summed E-state index contributed by atoms with van der Waals surface area (Å²) in [5.74, 6) is 0. The maximum absolute atomic E-state index is 10.6. The van der Waals surface area contributed by atoms with Gasteiger partial charge in [0.1, 0.15) is 6.29 Å². The van der Waals surface area contributed by atoms with Crippen molar-refractivity contribution in [3.63, 3.8) is 0 Å². The normalized spacial score (nSPS) is 11.2. The van der Waals surface area contributed by atoms with Gasteiger partial charge in [0.15, 0.2) is 0 Å². The number of carbonyl (C=O) groups excluding carboxylic acids is 1. The van der Waals surface area contributed by atoms with Crippen molar-refractivity contribution in [2.75, 3.05) is 0 Å². The zero-order chi connectivity index (χ0) is 9.03. The molecule has 0 spiro atoms. The molecule has 1 rings (SSSR count). The molecule has 0 amide bonds. The van der Waals surface area contributed by atoms with E-state index in [9.17, 15) is 4.79 Å². The highest BCUT2D eigenvalue weighted by Crippen LogP contribution is 2.16. The molecule has 0 radical (unpaired) electrons. The molecule has 0 aromatic carbocycles. The Kier molecular flexibility index (Phi) is 2.53. The maximum atomic E-state index is 10.6. The maximum Gasteiger partial charge on any atom is 0.125 e. The second-order valence-corrected chi connectivity index (χ2v) is 3.50. The fourth-order valence-corrected chi connectivity index (χ4v) is 0.936. The van der Waals surface area contributed by atoms with Gasteiger partial charge < -0.3 is 4.79 Å². The minimum Gasteiger partial charge on any atom is -0.303 e. The lowest BCUT2D eigenvalue weighted by Gasteiger charge is -2.14. The van der Waals surface area contributed by atoms with Crippen LogP contribution >= 0.6 is 0 Å². The molecule has 0 saturated carbocycles. The van der Waals surface area contributed by atoms with Crippen molar-refractivity contribution in [3.05, 3.63) is 24.0 Å². The summed E-state index contributed by atoms with van der Waals surface area (Å²) in [6.07, 6.45) is 3.21. The Balaban J connectivity index is 2.70. The molecule has 0 fully saturated rings. The molecule has 12 heavy (non-hydrogen) atoms. The van der Waals surface area contributed by atoms with Gasteiger partial charge >= 0.3 is 0 Å². The average molecular weight is 164 g/mol. The van der Waals surface area contributed by atoms with E-state index in [0.717, 1.165) is 12.0 Å². The molecule has 1 heterocycles. The SMILES string of the molecule is CC(C)(C=O)Cc1cccnn1. The van der Waals surface area contributed by atoms with Crippen LogP contribution in [0.3, 0.4) is 0 Å². The first-order valence-corrected chi connectivity index (χ1v) is 3.87. The van der Waals surface area contributed by atoms with E-state index in [4.69, 9.17) is 0 Å². The van der Waals surface area contributed by atoms with Gasteiger partial charge in [-0.15, -0.1) is 0 Å². The number of hydrogen-bond donors (Lipinski definition) is 0. The highest BCUT2D eigenvalue weighted by molar-refractivity contribution is 5.58. The van der Waals surface area contributed by atoms with Crippen molar-refractivity contribution in [3.8, 4) is 0 Å². The molecule has 0 aliphatic heterocycles. The number of aldehydes is 1. The van der Waals surface area contributed by atoms with E-state index in [0.29, 0.717) is 6.42 Å². The Morgan fingerprint density at radius 2 is 2.33 bits per heavy atom. The molecule has 3 nitrogen and oxygen atoms in total. The van der Waals surface area contributed by atoms with Crippen LogP contribution in [0, 0.1) is 5.41 Å². The van der Waals surface area contributed by atoms with Crippen LogP contribution in [-0.4, -0.2) is 16.5 Å². The zero-order valence-corrected chi connectivity index (χ0v) is 7.32. The fraction of sp³-hybridized carbons (Fsp3) is 0.444. The predicted octanol–water partition coefficient (Wildman–Crippen LogP) is 1.24. The first-order chi connectivity index (χ1) is 5.64. The Morgan fingerprint density at radius 3 is 2.83 bits per heavy atom. The van der Waals surface area contributed by atoms with Crippen molar-refractivity contribution in [1.29, 1.82) is 0 Å². The second kappa shape index (κ2) is 3.43. The van der Waals surface area contributed by atoms with E-state index in [1.54, 1.807) is 6.20 Å². The van der Waals surface area contributed by atoms with E-state index in [2.05, 4.69) is 10.2 Å². The van der Waals surface area contributed by atoms with Crippen LogP contribution in [0.15, 0.2) is 18.3 Å². The molecule has 0 unspecified atom stereocenters. The lowest BCUT2D eigenvalue weighted by Crippen LogP contribution is -2.17. The summed E-state index contributed by atoms with van der Waals surface area (Å²) < 4.78 is 0. The summed E-state index contributed by atoms with van der Waals surface area (Å²) in [6, 6.07) is 3.70. The first-order valence-electron chi connectivity index (χ1n) is 3.87. The van der Waals surface area contributed by atoms with Gasteiger partial charge in [0.05, 0.1) is 5.69 Å². The Bertz CT molecular complexity index is 256. The summed E-state index contributed by atoms with van der Waals surface area (Å²) in [4.78, 5) is 10.6. The van der Waals surface area contributed by atoms with Gasteiger partial charge in [-0.25, -0.2) is 0 Å². The summed E-state index contributed by atoms with van der Waals surface area (Å²) in [7, 11) is 0. The Hall–Kier alpha value is -1.25. The van der Waals surface area contributed by atoms with Gasteiger partial charge in [-0.05, 0) is 12.1 Å². The highest BCUT2D eigenvalue weighted by atomic mass is 16.1. The average Bonchev–Trinajstić information content (AvgIpc) is 2.06. The number of aromatic nitrogens is 2. The van der Waals surface area contributed by atoms with Crippen LogP contribution in [0.4, 0.5) is 0 Å². The van der Waals surface area contributed by atoms with Crippen LogP contribution in [0.1, 0.15) is 19.5 Å². The zero-order valence-electron chi connectivity index (χ0n) is 7.32. The summed E-state index contributed by atoms with van der Waals surface area (Å²) >= 11 is 0. The van der Waals surface area contributed by atoms with Gasteiger partial charge in [-0.3, -0.25) is 0 Å². The number of rotatable bonds is 3. The van der Waals surface area contributed by atoms with Crippen molar-refractivity contribution in [1.82, 2.24) is 10.2 Å². The smallest absolute Gasteiger partial charge is 0.125 e. The van der Waals surface area contributed by atoms with Crippen molar-refractivity contribution < 1.29 is 4.79 Å². The number of nitrogens with zero attached hydrogens (tertiary/aromatic N) is 2. The monoisotopic (exact) mass is 164 g/mol. The van der Waals surface area contributed by atoms with Crippen LogP contribution in [-0.2, 0) is 11.2 Å². The van der Waals surface area contributed by atoms with E-state index in [-0.39, 0.29) is 5.41 Å². The quantitative estimate of drug-likeness (QED) is 0.631. The second-order valence-electron chi connectivity index (χ2n) is 3.50. The van der Waals surface area contributed by atoms with Crippen molar-refractivity contribution in [2.24, 2.45) is 5.41 Å². The third kappa shape index (κ3) is 2.42. The van der Waals surface area contributed by atoms with Crippen LogP contribution in [0.2, 0.25) is 0 Å². The van der Waals surface area contributed by atoms with E-state index in [1.807, 2.05) is 26.0 Å². The van der Waals surface area contributed by atoms with Gasteiger partial charge in [0.2, 0.25) is 0 Å². The minimum atomic E-state index is -0.337. The molecule has 0 aliphatic carbocycles. The molecule has 1 aromatic rings. The summed E-state index contributed by atoms with van der Waals surface area (Å²) in [5, 5.41) is 7.64. The van der Waals surface area contributed by atoms with Crippen molar-refractivity contribution in [2.45, 2.75) is 20.3 Å². The first kappa shape index (κ1) is 8.84. The molecular formula is C9H12N2O. The topological polar surface area (TPSA) is 42.9 Å². The molecule has 1 aromatic heterocycles. The number of carbonyl (C=O) groups is 1. The third-order valence-corrected chi connectivity index (χ3v) is 1.58. The molecule has 0 N–H and O–H groups in total. The Labute approximate surface area is 71.8 Å².